The average molecular weight is 322 g/mol. The summed E-state index contributed by atoms with van der Waals surface area (Å²) >= 11 is 0. The Balaban J connectivity index is 2.02. The number of aryl methyl sites for hydroxylation is 1. The maximum atomic E-state index is 12.0. The fourth-order valence-corrected chi connectivity index (χ4v) is 2.70. The fourth-order valence-electron chi connectivity index (χ4n) is 2.70. The number of Topliss-reactive ketones (excluding diaryl/α,β-unsaturated/α-hetero) is 2. The van der Waals surface area contributed by atoms with Gasteiger partial charge in [-0.3, -0.25) is 9.59 Å². The molecule has 0 fully saturated rings. The molecular formula is C22H26O2. The van der Waals surface area contributed by atoms with E-state index in [1.54, 1.807) is 6.92 Å². The van der Waals surface area contributed by atoms with Gasteiger partial charge in [-0.15, -0.1) is 0 Å². The second kappa shape index (κ2) is 9.17. The molecule has 0 aromatic heterocycles. The van der Waals surface area contributed by atoms with Gasteiger partial charge in [0.15, 0.2) is 5.78 Å². The molecule has 2 rings (SSSR count). The van der Waals surface area contributed by atoms with Crippen molar-refractivity contribution < 1.29 is 9.59 Å². The largest absolute Gasteiger partial charge is 0.299 e. The molecule has 24 heavy (non-hydrogen) atoms. The molecule has 2 aromatic rings. The predicted octanol–water partition coefficient (Wildman–Crippen LogP) is 5.64. The number of carbonyl (C=O) groups excluding carboxylic acids is 2. The molecule has 0 radical (unpaired) electrons. The summed E-state index contributed by atoms with van der Waals surface area (Å²) in [6, 6.07) is 16.2. The van der Waals surface area contributed by atoms with E-state index in [1.165, 1.54) is 24.8 Å². The van der Waals surface area contributed by atoms with Crippen molar-refractivity contribution in [1.82, 2.24) is 0 Å². The van der Waals surface area contributed by atoms with Crippen molar-refractivity contribution in [2.24, 2.45) is 0 Å². The minimum absolute atomic E-state index is 0.00229. The summed E-state index contributed by atoms with van der Waals surface area (Å²) in [6.07, 6.45) is 5.30. The van der Waals surface area contributed by atoms with Crippen molar-refractivity contribution in [1.29, 1.82) is 0 Å². The van der Waals surface area contributed by atoms with Crippen LogP contribution in [0.4, 0.5) is 0 Å². The van der Waals surface area contributed by atoms with Gasteiger partial charge in [0, 0.05) is 12.0 Å². The normalized spacial score (nSPS) is 10.6. The molecule has 0 aliphatic heterocycles. The minimum Gasteiger partial charge on any atom is -0.299 e. The molecule has 0 N–H and O–H groups in total. The number of hydrogen-bond acceptors (Lipinski definition) is 2. The van der Waals surface area contributed by atoms with E-state index in [-0.39, 0.29) is 18.0 Å². The highest BCUT2D eigenvalue weighted by molar-refractivity contribution is 6.08. The number of unbranched alkanes of at least 4 members (excludes halogenated alkanes) is 2. The molecule has 126 valence electrons. The van der Waals surface area contributed by atoms with E-state index in [4.69, 9.17) is 0 Å². The maximum Gasteiger partial charge on any atom is 0.170 e. The van der Waals surface area contributed by atoms with E-state index in [2.05, 4.69) is 31.2 Å². The molecule has 0 bridgehead atoms. The SMILES string of the molecule is CCCCCc1ccc(-c2ccc(C(=O)CC(=O)CC)cc2)cc1. The van der Waals surface area contributed by atoms with Crippen LogP contribution in [0, 0.1) is 0 Å². The van der Waals surface area contributed by atoms with Crippen LogP contribution in [-0.4, -0.2) is 11.6 Å². The molecule has 0 atom stereocenters. The summed E-state index contributed by atoms with van der Waals surface area (Å²) in [4.78, 5) is 23.4. The molecule has 2 nitrogen and oxygen atoms in total. The quantitative estimate of drug-likeness (QED) is 0.340. The maximum absolute atomic E-state index is 12.0. The van der Waals surface area contributed by atoms with E-state index in [9.17, 15) is 9.59 Å². The zero-order valence-electron chi connectivity index (χ0n) is 14.7. The van der Waals surface area contributed by atoms with Crippen LogP contribution in [0.15, 0.2) is 48.5 Å². The van der Waals surface area contributed by atoms with Crippen molar-refractivity contribution in [2.75, 3.05) is 0 Å². The standard InChI is InChI=1S/C22H26O2/c1-3-5-6-7-17-8-10-18(11-9-17)19-12-14-20(15-13-19)22(24)16-21(23)4-2/h8-15H,3-7,16H2,1-2H3. The summed E-state index contributed by atoms with van der Waals surface area (Å²) in [5, 5.41) is 0. The van der Waals surface area contributed by atoms with Gasteiger partial charge in [-0.2, -0.15) is 0 Å². The molecule has 0 saturated heterocycles. The number of benzene rings is 2. The van der Waals surface area contributed by atoms with Crippen LogP contribution in [0.2, 0.25) is 0 Å². The Morgan fingerprint density at radius 1 is 0.792 bits per heavy atom. The first-order chi connectivity index (χ1) is 11.6. The predicted molar refractivity (Wildman–Crippen MR) is 99.4 cm³/mol. The summed E-state index contributed by atoms with van der Waals surface area (Å²) in [5.41, 5.74) is 4.22. The second-order valence-electron chi connectivity index (χ2n) is 6.22. The lowest BCUT2D eigenvalue weighted by Crippen LogP contribution is -2.06. The van der Waals surface area contributed by atoms with Crippen LogP contribution in [0.25, 0.3) is 11.1 Å². The molecule has 0 unspecified atom stereocenters. The molecule has 0 spiro atoms. The zero-order chi connectivity index (χ0) is 17.4. The van der Waals surface area contributed by atoms with Gasteiger partial charge in [-0.05, 0) is 29.5 Å². The molecule has 0 aliphatic carbocycles. The van der Waals surface area contributed by atoms with Crippen LogP contribution >= 0.6 is 0 Å². The molecule has 2 heteroatoms. The fraction of sp³-hybridized carbons (Fsp3) is 0.364. The molecule has 0 saturated carbocycles. The second-order valence-corrected chi connectivity index (χ2v) is 6.22. The van der Waals surface area contributed by atoms with E-state index >= 15 is 0 Å². The van der Waals surface area contributed by atoms with Gasteiger partial charge in [-0.25, -0.2) is 0 Å². The van der Waals surface area contributed by atoms with Gasteiger partial charge in [0.2, 0.25) is 0 Å². The molecule has 0 heterocycles. The monoisotopic (exact) mass is 322 g/mol. The van der Waals surface area contributed by atoms with E-state index < -0.39 is 0 Å². The number of rotatable bonds is 9. The summed E-state index contributed by atoms with van der Waals surface area (Å²) in [5.74, 6) is -0.109. The van der Waals surface area contributed by atoms with Gasteiger partial charge in [0.1, 0.15) is 5.78 Å². The van der Waals surface area contributed by atoms with Gasteiger partial charge >= 0.3 is 0 Å². The topological polar surface area (TPSA) is 34.1 Å². The highest BCUT2D eigenvalue weighted by Crippen LogP contribution is 2.21. The highest BCUT2D eigenvalue weighted by Gasteiger charge is 2.10. The molecule has 0 amide bonds. The van der Waals surface area contributed by atoms with Gasteiger partial charge < -0.3 is 0 Å². The number of carbonyl (C=O) groups is 2. The number of hydrogen-bond donors (Lipinski definition) is 0. The van der Waals surface area contributed by atoms with Gasteiger partial charge in [0.05, 0.1) is 6.42 Å². The van der Waals surface area contributed by atoms with Gasteiger partial charge in [-0.1, -0.05) is 75.2 Å². The van der Waals surface area contributed by atoms with Crippen LogP contribution < -0.4 is 0 Å². The van der Waals surface area contributed by atoms with E-state index in [1.807, 2.05) is 24.3 Å². The lowest BCUT2D eigenvalue weighted by atomic mass is 9.98. The third kappa shape index (κ3) is 5.16. The summed E-state index contributed by atoms with van der Waals surface area (Å²) in [6.45, 7) is 4.00. The summed E-state index contributed by atoms with van der Waals surface area (Å²) < 4.78 is 0. The lowest BCUT2D eigenvalue weighted by Gasteiger charge is -2.06. The zero-order valence-corrected chi connectivity index (χ0v) is 14.7. The van der Waals surface area contributed by atoms with Crippen LogP contribution in [0.3, 0.4) is 0 Å². The molecular weight excluding hydrogens is 296 g/mol. The van der Waals surface area contributed by atoms with E-state index in [0.29, 0.717) is 12.0 Å². The van der Waals surface area contributed by atoms with Crippen LogP contribution in [0.5, 0.6) is 0 Å². The van der Waals surface area contributed by atoms with Crippen molar-refractivity contribution in [2.45, 2.75) is 52.4 Å². The first-order valence-corrected chi connectivity index (χ1v) is 8.88. The Labute approximate surface area is 144 Å². The first-order valence-electron chi connectivity index (χ1n) is 8.88. The third-order valence-corrected chi connectivity index (χ3v) is 4.32. The third-order valence-electron chi connectivity index (χ3n) is 4.32. The lowest BCUT2D eigenvalue weighted by molar-refractivity contribution is -0.117. The smallest absolute Gasteiger partial charge is 0.170 e. The van der Waals surface area contributed by atoms with Gasteiger partial charge in [0.25, 0.3) is 0 Å². The van der Waals surface area contributed by atoms with Crippen molar-refractivity contribution in [3.63, 3.8) is 0 Å². The Morgan fingerprint density at radius 3 is 1.92 bits per heavy atom. The Bertz CT molecular complexity index is 666. The van der Waals surface area contributed by atoms with E-state index in [0.717, 1.165) is 17.5 Å². The molecule has 0 aliphatic rings. The minimum atomic E-state index is -0.0975. The van der Waals surface area contributed by atoms with Crippen LogP contribution in [-0.2, 0) is 11.2 Å². The Morgan fingerprint density at radius 2 is 1.38 bits per heavy atom. The average Bonchev–Trinajstić information content (AvgIpc) is 2.62. The van der Waals surface area contributed by atoms with Crippen molar-refractivity contribution in [3.05, 3.63) is 59.7 Å². The first kappa shape index (κ1) is 18.1. The van der Waals surface area contributed by atoms with Crippen molar-refractivity contribution >= 4 is 11.6 Å². The highest BCUT2D eigenvalue weighted by atomic mass is 16.1. The Kier molecular flexibility index (Phi) is 6.92. The Hall–Kier alpha value is -2.22. The number of ketones is 2. The van der Waals surface area contributed by atoms with Crippen molar-refractivity contribution in [3.8, 4) is 11.1 Å². The summed E-state index contributed by atoms with van der Waals surface area (Å²) in [7, 11) is 0. The molecule has 2 aromatic carbocycles. The van der Waals surface area contributed by atoms with Crippen LogP contribution in [0.1, 0.15) is 61.9 Å².